The predicted octanol–water partition coefficient (Wildman–Crippen LogP) is -0.846. The van der Waals surface area contributed by atoms with Crippen molar-refractivity contribution < 1.29 is 0 Å². The summed E-state index contributed by atoms with van der Waals surface area (Å²) in [6, 6.07) is 0. The molecule has 0 aliphatic carbocycles. The van der Waals surface area contributed by atoms with Crippen LogP contribution >= 0.6 is 54.0 Å². The molecule has 0 nitrogen and oxygen atoms in total. The van der Waals surface area contributed by atoms with Crippen LogP contribution in [0.1, 0.15) is 0 Å². The van der Waals surface area contributed by atoms with Crippen molar-refractivity contribution in [1.82, 2.24) is 0 Å². The van der Waals surface area contributed by atoms with E-state index in [0.717, 1.165) is 0 Å². The summed E-state index contributed by atoms with van der Waals surface area (Å²) in [6.45, 7) is 0. The topological polar surface area (TPSA) is 0 Å². The summed E-state index contributed by atoms with van der Waals surface area (Å²) < 4.78 is 0. The average Bonchev–Trinajstić information content (AvgIpc) is 0. The molecule has 6 heteroatoms. The van der Waals surface area contributed by atoms with Crippen LogP contribution in [0.15, 0.2) is 0 Å². The van der Waals surface area contributed by atoms with Gasteiger partial charge in [0.1, 0.15) is 0 Å². The number of hydrogen-bond donors (Lipinski definition) is 0. The van der Waals surface area contributed by atoms with Gasteiger partial charge in [0.05, 0.1) is 0 Å². The van der Waals surface area contributed by atoms with Crippen LogP contribution in [-0.4, -0.2) is 103 Å². The maximum atomic E-state index is 0. The van der Waals surface area contributed by atoms with Gasteiger partial charge in [-0.25, -0.2) is 0 Å². The van der Waals surface area contributed by atoms with Gasteiger partial charge in [-0.1, -0.05) is 0 Å². The Bertz CT molecular complexity index is 5.51. The van der Waals surface area contributed by atoms with Crippen LogP contribution in [0.5, 0.6) is 0 Å². The van der Waals surface area contributed by atoms with Crippen molar-refractivity contribution in [2.24, 2.45) is 0 Å². The third-order valence-electron chi connectivity index (χ3n) is 0. The van der Waals surface area contributed by atoms with Crippen molar-refractivity contribution >= 4 is 157 Å². The Hall–Kier alpha value is 4.67. The van der Waals surface area contributed by atoms with Gasteiger partial charge in [-0.3, -0.25) is 0 Å². The zero-order valence-corrected chi connectivity index (χ0v) is 6.00. The summed E-state index contributed by atoms with van der Waals surface area (Å²) >= 11 is 0. The molecule has 0 aromatic heterocycles. The number of rotatable bonds is 0. The van der Waals surface area contributed by atoms with E-state index in [0.29, 0.717) is 0 Å². The SMILES string of the molecule is S.S.S.S.[KH].[KH]. The van der Waals surface area contributed by atoms with Crippen molar-refractivity contribution in [1.29, 1.82) is 0 Å². The van der Waals surface area contributed by atoms with Crippen LogP contribution in [0.25, 0.3) is 0 Å². The van der Waals surface area contributed by atoms with E-state index in [4.69, 9.17) is 0 Å². The fourth-order valence-corrected chi connectivity index (χ4v) is 0. The zero-order chi connectivity index (χ0) is 0. The second kappa shape index (κ2) is 33.3. The normalized spacial score (nSPS) is 0. The van der Waals surface area contributed by atoms with Gasteiger partial charge in [0.2, 0.25) is 0 Å². The van der Waals surface area contributed by atoms with Gasteiger partial charge in [0.25, 0.3) is 0 Å². The number of hydrogen-bond acceptors (Lipinski definition) is 0. The molecule has 0 N–H and O–H groups in total. The monoisotopic (exact) mass is 216 g/mol. The molecular formula is H10K2S4. The standard InChI is InChI=1S/2K.4H2S.2H/h;;4*1H2;;. The molecule has 0 bridgehead atoms. The second-order valence-corrected chi connectivity index (χ2v) is 0. The predicted molar refractivity (Wildman–Crippen MR) is 55.8 cm³/mol. The van der Waals surface area contributed by atoms with Crippen LogP contribution < -0.4 is 0 Å². The Balaban J connectivity index is 0. The molecule has 0 saturated carbocycles. The minimum atomic E-state index is 0. The van der Waals surface area contributed by atoms with Crippen LogP contribution in [0.2, 0.25) is 0 Å². The van der Waals surface area contributed by atoms with Crippen LogP contribution in [0, 0.1) is 0 Å². The first-order valence-corrected chi connectivity index (χ1v) is 0. The molecule has 0 aliphatic heterocycles. The van der Waals surface area contributed by atoms with E-state index in [9.17, 15) is 0 Å². The molecule has 0 saturated heterocycles. The third-order valence-corrected chi connectivity index (χ3v) is 0. The quantitative estimate of drug-likeness (QED) is 0.463. The van der Waals surface area contributed by atoms with Gasteiger partial charge >= 0.3 is 103 Å². The van der Waals surface area contributed by atoms with Gasteiger partial charge in [0.15, 0.2) is 0 Å². The van der Waals surface area contributed by atoms with Crippen LogP contribution in [-0.2, 0) is 0 Å². The van der Waals surface area contributed by atoms with Gasteiger partial charge in [0, 0.05) is 0 Å². The van der Waals surface area contributed by atoms with Gasteiger partial charge < -0.3 is 0 Å². The summed E-state index contributed by atoms with van der Waals surface area (Å²) in [5, 5.41) is 0. The fraction of sp³-hybridized carbons (Fsp3) is 0. The molecule has 0 rings (SSSR count). The molecule has 0 aromatic carbocycles. The summed E-state index contributed by atoms with van der Waals surface area (Å²) in [6.07, 6.45) is 0. The minimum absolute atomic E-state index is 0. The van der Waals surface area contributed by atoms with Crippen molar-refractivity contribution in [3.8, 4) is 0 Å². The van der Waals surface area contributed by atoms with E-state index in [1.165, 1.54) is 0 Å². The van der Waals surface area contributed by atoms with Crippen molar-refractivity contribution in [2.75, 3.05) is 0 Å². The Labute approximate surface area is 152 Å². The van der Waals surface area contributed by atoms with Crippen LogP contribution in [0.3, 0.4) is 0 Å². The molecule has 36 valence electrons. The molecule has 6 heavy (non-hydrogen) atoms. The first kappa shape index (κ1) is 45.7. The van der Waals surface area contributed by atoms with Gasteiger partial charge in [-0.2, -0.15) is 54.0 Å². The molecule has 0 unspecified atom stereocenters. The summed E-state index contributed by atoms with van der Waals surface area (Å²) in [4.78, 5) is 0. The third kappa shape index (κ3) is 23.4. The summed E-state index contributed by atoms with van der Waals surface area (Å²) in [5.41, 5.74) is 0. The van der Waals surface area contributed by atoms with Crippen molar-refractivity contribution in [2.45, 2.75) is 0 Å². The molecule has 0 atom stereocenters. The van der Waals surface area contributed by atoms with E-state index >= 15 is 0 Å². The van der Waals surface area contributed by atoms with E-state index in [1.54, 1.807) is 0 Å². The zero-order valence-electron chi connectivity index (χ0n) is 2.00. The van der Waals surface area contributed by atoms with E-state index in [-0.39, 0.29) is 157 Å². The molecule has 0 aromatic rings. The summed E-state index contributed by atoms with van der Waals surface area (Å²) in [5.74, 6) is 0. The molecule has 0 heterocycles. The molecule has 0 spiro atoms. The Kier molecular flexibility index (Phi) is 254. The molecule has 0 fully saturated rings. The first-order chi connectivity index (χ1) is 0. The second-order valence-electron chi connectivity index (χ2n) is 0. The first-order valence-electron chi connectivity index (χ1n) is 0. The Morgan fingerprint density at radius 2 is 0.333 bits per heavy atom. The fourth-order valence-electron chi connectivity index (χ4n) is 0. The van der Waals surface area contributed by atoms with Gasteiger partial charge in [-0.05, 0) is 0 Å². The van der Waals surface area contributed by atoms with E-state index < -0.39 is 0 Å². The van der Waals surface area contributed by atoms with Crippen molar-refractivity contribution in [3.63, 3.8) is 0 Å². The maximum absolute atomic E-state index is 0. The molecular weight excluding hydrogens is 206 g/mol. The summed E-state index contributed by atoms with van der Waals surface area (Å²) in [7, 11) is 0. The Morgan fingerprint density at radius 3 is 0.333 bits per heavy atom. The van der Waals surface area contributed by atoms with E-state index in [2.05, 4.69) is 0 Å². The Morgan fingerprint density at radius 1 is 0.333 bits per heavy atom. The van der Waals surface area contributed by atoms with Gasteiger partial charge in [-0.15, -0.1) is 0 Å². The molecule has 0 amide bonds. The van der Waals surface area contributed by atoms with E-state index in [1.807, 2.05) is 0 Å². The molecule has 0 radical (unpaired) electrons. The average molecular weight is 217 g/mol. The molecule has 0 aliphatic rings. The van der Waals surface area contributed by atoms with Crippen LogP contribution in [0.4, 0.5) is 0 Å². The van der Waals surface area contributed by atoms with Crippen molar-refractivity contribution in [3.05, 3.63) is 0 Å².